The Labute approximate surface area is 118 Å². The highest BCUT2D eigenvalue weighted by Gasteiger charge is 2.30. The number of benzene rings is 1. The SMILES string of the molecule is Cc1nc(CNC2CC(c3ccc(F)cc3)C2)oc1C. The highest BCUT2D eigenvalue weighted by molar-refractivity contribution is 5.23. The minimum atomic E-state index is -0.169. The van der Waals surface area contributed by atoms with E-state index in [9.17, 15) is 4.39 Å². The number of hydrogen-bond donors (Lipinski definition) is 1. The summed E-state index contributed by atoms with van der Waals surface area (Å²) in [6.07, 6.45) is 2.18. The van der Waals surface area contributed by atoms with Gasteiger partial charge in [-0.25, -0.2) is 9.37 Å². The molecule has 1 N–H and O–H groups in total. The van der Waals surface area contributed by atoms with Crippen LogP contribution < -0.4 is 5.32 Å². The van der Waals surface area contributed by atoms with Crippen LogP contribution in [-0.2, 0) is 6.54 Å². The molecule has 1 aliphatic rings. The van der Waals surface area contributed by atoms with E-state index in [1.54, 1.807) is 0 Å². The fourth-order valence-electron chi connectivity index (χ4n) is 2.64. The van der Waals surface area contributed by atoms with Crippen molar-refractivity contribution in [3.05, 3.63) is 53.0 Å². The summed E-state index contributed by atoms with van der Waals surface area (Å²) in [7, 11) is 0. The third kappa shape index (κ3) is 2.75. The Bertz CT molecular complexity index is 566. The summed E-state index contributed by atoms with van der Waals surface area (Å²) in [6, 6.07) is 7.34. The van der Waals surface area contributed by atoms with Gasteiger partial charge in [-0.3, -0.25) is 0 Å². The third-order valence-corrected chi connectivity index (χ3v) is 4.09. The van der Waals surface area contributed by atoms with E-state index in [0.717, 1.165) is 30.2 Å². The molecule has 1 saturated carbocycles. The molecule has 4 heteroatoms. The first-order valence-corrected chi connectivity index (χ1v) is 7.03. The number of nitrogens with zero attached hydrogens (tertiary/aromatic N) is 1. The van der Waals surface area contributed by atoms with Crippen LogP contribution >= 0.6 is 0 Å². The molecule has 0 radical (unpaired) electrons. The normalized spacial score (nSPS) is 21.8. The average Bonchev–Trinajstić information content (AvgIpc) is 2.69. The Hall–Kier alpha value is -1.68. The lowest BCUT2D eigenvalue weighted by Gasteiger charge is -2.36. The minimum Gasteiger partial charge on any atom is -0.444 e. The molecule has 0 aliphatic heterocycles. The van der Waals surface area contributed by atoms with Gasteiger partial charge in [0.25, 0.3) is 0 Å². The zero-order chi connectivity index (χ0) is 14.1. The maximum Gasteiger partial charge on any atom is 0.208 e. The fraction of sp³-hybridized carbons (Fsp3) is 0.438. The van der Waals surface area contributed by atoms with Crippen LogP contribution in [0.25, 0.3) is 0 Å². The second-order valence-corrected chi connectivity index (χ2v) is 5.55. The Morgan fingerprint density at radius 3 is 2.55 bits per heavy atom. The van der Waals surface area contributed by atoms with Crippen molar-refractivity contribution in [2.45, 2.75) is 45.2 Å². The number of aromatic nitrogens is 1. The molecule has 1 aromatic heterocycles. The maximum absolute atomic E-state index is 12.9. The lowest BCUT2D eigenvalue weighted by Crippen LogP contribution is -2.39. The number of oxazole rings is 1. The van der Waals surface area contributed by atoms with Gasteiger partial charge in [-0.1, -0.05) is 12.1 Å². The van der Waals surface area contributed by atoms with Gasteiger partial charge in [-0.05, 0) is 50.3 Å². The molecule has 106 valence electrons. The molecule has 3 rings (SSSR count). The number of nitrogens with one attached hydrogen (secondary N) is 1. The van der Waals surface area contributed by atoms with Crippen LogP contribution in [0.1, 0.15) is 41.7 Å². The van der Waals surface area contributed by atoms with Crippen molar-refractivity contribution >= 4 is 0 Å². The summed E-state index contributed by atoms with van der Waals surface area (Å²) in [5.74, 6) is 2.02. The Morgan fingerprint density at radius 2 is 1.95 bits per heavy atom. The number of rotatable bonds is 4. The Balaban J connectivity index is 1.47. The smallest absolute Gasteiger partial charge is 0.208 e. The monoisotopic (exact) mass is 274 g/mol. The lowest BCUT2D eigenvalue weighted by atomic mass is 9.76. The molecule has 1 aromatic carbocycles. The van der Waals surface area contributed by atoms with Crippen LogP contribution in [0.5, 0.6) is 0 Å². The molecule has 0 spiro atoms. The van der Waals surface area contributed by atoms with E-state index in [2.05, 4.69) is 10.3 Å². The summed E-state index contributed by atoms with van der Waals surface area (Å²) in [4.78, 5) is 4.36. The largest absolute Gasteiger partial charge is 0.444 e. The van der Waals surface area contributed by atoms with E-state index in [0.29, 0.717) is 18.5 Å². The highest BCUT2D eigenvalue weighted by Crippen LogP contribution is 2.36. The second-order valence-electron chi connectivity index (χ2n) is 5.55. The molecule has 1 heterocycles. The van der Waals surface area contributed by atoms with Crippen molar-refractivity contribution in [1.82, 2.24) is 10.3 Å². The van der Waals surface area contributed by atoms with Gasteiger partial charge >= 0.3 is 0 Å². The molecular formula is C16H19FN2O. The molecule has 1 fully saturated rings. The molecule has 20 heavy (non-hydrogen) atoms. The third-order valence-electron chi connectivity index (χ3n) is 4.09. The first-order chi connectivity index (χ1) is 9.61. The van der Waals surface area contributed by atoms with Gasteiger partial charge < -0.3 is 9.73 Å². The van der Waals surface area contributed by atoms with Gasteiger partial charge in [0.1, 0.15) is 11.6 Å². The van der Waals surface area contributed by atoms with Crippen molar-refractivity contribution in [1.29, 1.82) is 0 Å². The number of halogens is 1. The van der Waals surface area contributed by atoms with Crippen molar-refractivity contribution in [3.8, 4) is 0 Å². The molecule has 0 unspecified atom stereocenters. The summed E-state index contributed by atoms with van der Waals surface area (Å²) >= 11 is 0. The number of aryl methyl sites for hydroxylation is 2. The number of hydrogen-bond acceptors (Lipinski definition) is 3. The van der Waals surface area contributed by atoms with Crippen LogP contribution in [0.3, 0.4) is 0 Å². The van der Waals surface area contributed by atoms with Crippen molar-refractivity contribution in [2.24, 2.45) is 0 Å². The van der Waals surface area contributed by atoms with Crippen LogP contribution in [0, 0.1) is 19.7 Å². The topological polar surface area (TPSA) is 38.1 Å². The summed E-state index contributed by atoms with van der Waals surface area (Å²) in [5.41, 5.74) is 2.19. The van der Waals surface area contributed by atoms with Crippen molar-refractivity contribution in [3.63, 3.8) is 0 Å². The van der Waals surface area contributed by atoms with Gasteiger partial charge in [0.05, 0.1) is 12.2 Å². The molecule has 0 amide bonds. The van der Waals surface area contributed by atoms with E-state index in [-0.39, 0.29) is 5.82 Å². The molecule has 3 nitrogen and oxygen atoms in total. The van der Waals surface area contributed by atoms with E-state index in [4.69, 9.17) is 4.42 Å². The van der Waals surface area contributed by atoms with Gasteiger partial charge in [-0.15, -0.1) is 0 Å². The predicted molar refractivity (Wildman–Crippen MR) is 75.0 cm³/mol. The average molecular weight is 274 g/mol. The lowest BCUT2D eigenvalue weighted by molar-refractivity contribution is 0.278. The first-order valence-electron chi connectivity index (χ1n) is 7.03. The zero-order valence-corrected chi connectivity index (χ0v) is 11.8. The van der Waals surface area contributed by atoms with E-state index in [1.807, 2.05) is 26.0 Å². The Kier molecular flexibility index (Phi) is 3.57. The van der Waals surface area contributed by atoms with E-state index >= 15 is 0 Å². The van der Waals surface area contributed by atoms with E-state index < -0.39 is 0 Å². The fourth-order valence-corrected chi connectivity index (χ4v) is 2.64. The molecule has 2 aromatic rings. The molecule has 0 atom stereocenters. The minimum absolute atomic E-state index is 0.169. The van der Waals surface area contributed by atoms with E-state index in [1.165, 1.54) is 17.7 Å². The second kappa shape index (κ2) is 5.37. The summed E-state index contributed by atoms with van der Waals surface area (Å²) in [5, 5.41) is 3.46. The standard InChI is InChI=1S/C16H19FN2O/c1-10-11(2)20-16(19-10)9-18-15-7-13(8-15)12-3-5-14(17)6-4-12/h3-6,13,15,18H,7-9H2,1-2H3. The van der Waals surface area contributed by atoms with Crippen LogP contribution in [0.4, 0.5) is 4.39 Å². The molecule has 1 aliphatic carbocycles. The first kappa shape index (κ1) is 13.3. The molecule has 0 saturated heterocycles. The van der Waals surface area contributed by atoms with Crippen molar-refractivity contribution < 1.29 is 8.81 Å². The summed E-state index contributed by atoms with van der Waals surface area (Å²) < 4.78 is 18.4. The predicted octanol–water partition coefficient (Wildman–Crippen LogP) is 3.47. The zero-order valence-electron chi connectivity index (χ0n) is 11.8. The highest BCUT2D eigenvalue weighted by atomic mass is 19.1. The van der Waals surface area contributed by atoms with Gasteiger partial charge in [-0.2, -0.15) is 0 Å². The Morgan fingerprint density at radius 1 is 1.25 bits per heavy atom. The van der Waals surface area contributed by atoms with Crippen LogP contribution in [0.15, 0.2) is 28.7 Å². The quantitative estimate of drug-likeness (QED) is 0.927. The van der Waals surface area contributed by atoms with Gasteiger partial charge in [0.15, 0.2) is 0 Å². The van der Waals surface area contributed by atoms with Gasteiger partial charge in [0, 0.05) is 6.04 Å². The van der Waals surface area contributed by atoms with Crippen molar-refractivity contribution in [2.75, 3.05) is 0 Å². The van der Waals surface area contributed by atoms with Gasteiger partial charge in [0.2, 0.25) is 5.89 Å². The maximum atomic E-state index is 12.9. The molecule has 0 bridgehead atoms. The molecular weight excluding hydrogens is 255 g/mol. The summed E-state index contributed by atoms with van der Waals surface area (Å²) in [6.45, 7) is 4.56. The van der Waals surface area contributed by atoms with Crippen LogP contribution in [0.2, 0.25) is 0 Å². The van der Waals surface area contributed by atoms with Crippen LogP contribution in [-0.4, -0.2) is 11.0 Å².